The van der Waals surface area contributed by atoms with Crippen molar-refractivity contribution in [1.29, 1.82) is 0 Å². The molecule has 0 atom stereocenters. The fraction of sp³-hybridized carbons (Fsp3) is 0.167. The van der Waals surface area contributed by atoms with E-state index in [1.165, 1.54) is 4.90 Å². The van der Waals surface area contributed by atoms with Crippen molar-refractivity contribution in [2.75, 3.05) is 19.8 Å². The van der Waals surface area contributed by atoms with Gasteiger partial charge in [0.25, 0.3) is 11.1 Å². The van der Waals surface area contributed by atoms with Gasteiger partial charge in [0, 0.05) is 10.6 Å². The molecule has 5 nitrogen and oxygen atoms in total. The molecular formula is C24H20ClNO4S. The van der Waals surface area contributed by atoms with Gasteiger partial charge in [-0.3, -0.25) is 14.5 Å². The first-order valence-corrected chi connectivity index (χ1v) is 11.0. The van der Waals surface area contributed by atoms with E-state index in [1.54, 1.807) is 30.3 Å². The summed E-state index contributed by atoms with van der Waals surface area (Å²) < 4.78 is 11.4. The maximum Gasteiger partial charge on any atom is 0.293 e. The molecule has 0 radical (unpaired) electrons. The number of thioether (sulfide) groups is 1. The van der Waals surface area contributed by atoms with E-state index in [1.807, 2.05) is 43.3 Å². The molecule has 3 aromatic rings. The summed E-state index contributed by atoms with van der Waals surface area (Å²) in [7, 11) is 0. The molecule has 0 bridgehead atoms. The number of ether oxygens (including phenoxy) is 2. The largest absolute Gasteiger partial charge is 0.493 e. The second-order valence-corrected chi connectivity index (χ2v) is 8.20. The number of fused-ring (bicyclic) bond motifs is 1. The van der Waals surface area contributed by atoms with E-state index >= 15 is 0 Å². The Labute approximate surface area is 189 Å². The number of carbonyl (C=O) groups excluding carboxylic acids is 2. The molecule has 1 heterocycles. The predicted octanol–water partition coefficient (Wildman–Crippen LogP) is 6.01. The number of rotatable bonds is 7. The summed E-state index contributed by atoms with van der Waals surface area (Å²) in [5.74, 6) is 0.980. The quantitative estimate of drug-likeness (QED) is 0.410. The van der Waals surface area contributed by atoms with Crippen LogP contribution in [0.2, 0.25) is 5.02 Å². The molecule has 0 aromatic heterocycles. The molecule has 3 aromatic carbocycles. The molecule has 0 N–H and O–H groups in total. The molecule has 0 aliphatic carbocycles. The summed E-state index contributed by atoms with van der Waals surface area (Å²) in [5, 5.41) is 2.30. The molecular weight excluding hydrogens is 434 g/mol. The van der Waals surface area contributed by atoms with E-state index in [0.29, 0.717) is 28.0 Å². The Morgan fingerprint density at radius 3 is 2.55 bits per heavy atom. The molecule has 7 heteroatoms. The first kappa shape index (κ1) is 21.3. The van der Waals surface area contributed by atoms with E-state index in [9.17, 15) is 9.59 Å². The van der Waals surface area contributed by atoms with Crippen LogP contribution in [0, 0.1) is 0 Å². The van der Waals surface area contributed by atoms with Gasteiger partial charge in [-0.15, -0.1) is 0 Å². The minimum Gasteiger partial charge on any atom is -0.493 e. The Kier molecular flexibility index (Phi) is 6.49. The summed E-state index contributed by atoms with van der Waals surface area (Å²) in [5.41, 5.74) is 0.794. The van der Waals surface area contributed by atoms with Gasteiger partial charge >= 0.3 is 0 Å². The highest BCUT2D eigenvalue weighted by molar-refractivity contribution is 8.18. The van der Waals surface area contributed by atoms with Crippen molar-refractivity contribution >= 4 is 51.4 Å². The average molecular weight is 454 g/mol. The fourth-order valence-corrected chi connectivity index (χ4v) is 4.29. The van der Waals surface area contributed by atoms with Gasteiger partial charge in [-0.05, 0) is 65.9 Å². The Morgan fingerprint density at radius 1 is 1.00 bits per heavy atom. The molecule has 4 rings (SSSR count). The zero-order valence-electron chi connectivity index (χ0n) is 16.8. The molecule has 0 spiro atoms. The highest BCUT2D eigenvalue weighted by Gasteiger charge is 2.35. The zero-order valence-corrected chi connectivity index (χ0v) is 18.4. The van der Waals surface area contributed by atoms with Gasteiger partial charge in [-0.25, -0.2) is 0 Å². The van der Waals surface area contributed by atoms with Gasteiger partial charge in [0.1, 0.15) is 18.1 Å². The topological polar surface area (TPSA) is 55.8 Å². The SMILES string of the molecule is CCOc1ccc2ccccc2c1/C=C1\SC(=O)N(CCOc2ccc(Cl)cc2)C1=O. The van der Waals surface area contributed by atoms with Crippen LogP contribution in [0.5, 0.6) is 11.5 Å². The third kappa shape index (κ3) is 4.70. The first-order chi connectivity index (χ1) is 15.1. The molecule has 31 heavy (non-hydrogen) atoms. The summed E-state index contributed by atoms with van der Waals surface area (Å²) >= 11 is 6.80. The van der Waals surface area contributed by atoms with E-state index < -0.39 is 0 Å². The molecule has 0 unspecified atom stereocenters. The average Bonchev–Trinajstić information content (AvgIpc) is 3.04. The molecule has 0 saturated carbocycles. The summed E-state index contributed by atoms with van der Waals surface area (Å²) in [6, 6.07) is 18.7. The number of halogens is 1. The maximum atomic E-state index is 12.9. The van der Waals surface area contributed by atoms with Crippen LogP contribution in [-0.4, -0.2) is 35.8 Å². The van der Waals surface area contributed by atoms with Crippen molar-refractivity contribution in [1.82, 2.24) is 4.90 Å². The number of imide groups is 1. The Morgan fingerprint density at radius 2 is 1.77 bits per heavy atom. The normalized spacial score (nSPS) is 15.2. The van der Waals surface area contributed by atoms with Crippen LogP contribution in [0.15, 0.2) is 65.6 Å². The minimum absolute atomic E-state index is 0.165. The first-order valence-electron chi connectivity index (χ1n) is 9.85. The van der Waals surface area contributed by atoms with Crippen molar-refractivity contribution in [3.8, 4) is 11.5 Å². The number of nitrogens with zero attached hydrogens (tertiary/aromatic N) is 1. The van der Waals surface area contributed by atoms with Gasteiger partial charge in [0.15, 0.2) is 0 Å². The smallest absolute Gasteiger partial charge is 0.293 e. The van der Waals surface area contributed by atoms with Gasteiger partial charge < -0.3 is 9.47 Å². The molecule has 1 aliphatic rings. The highest BCUT2D eigenvalue weighted by atomic mass is 35.5. The standard InChI is InChI=1S/C24H20ClNO4S/c1-2-29-21-12-7-16-5-3-4-6-19(16)20(21)15-22-23(27)26(24(28)31-22)13-14-30-18-10-8-17(25)9-11-18/h3-12,15H,2,13-14H2,1H3/b22-15-. The van der Waals surface area contributed by atoms with Gasteiger partial charge in [0.2, 0.25) is 0 Å². The number of amides is 2. The Bertz CT molecular complexity index is 1160. The molecule has 1 fully saturated rings. The van der Waals surface area contributed by atoms with Crippen LogP contribution in [-0.2, 0) is 4.79 Å². The van der Waals surface area contributed by atoms with Crippen molar-refractivity contribution < 1.29 is 19.1 Å². The number of hydrogen-bond acceptors (Lipinski definition) is 5. The van der Waals surface area contributed by atoms with Gasteiger partial charge in [-0.2, -0.15) is 0 Å². The van der Waals surface area contributed by atoms with Crippen LogP contribution in [0.3, 0.4) is 0 Å². The third-order valence-electron chi connectivity index (χ3n) is 4.78. The summed E-state index contributed by atoms with van der Waals surface area (Å²) in [6.45, 7) is 2.78. The zero-order chi connectivity index (χ0) is 21.8. The lowest BCUT2D eigenvalue weighted by molar-refractivity contribution is -0.123. The van der Waals surface area contributed by atoms with Gasteiger partial charge in [-0.1, -0.05) is 41.9 Å². The van der Waals surface area contributed by atoms with Crippen molar-refractivity contribution in [3.05, 3.63) is 76.2 Å². The van der Waals surface area contributed by atoms with E-state index in [-0.39, 0.29) is 24.3 Å². The lowest BCUT2D eigenvalue weighted by atomic mass is 10.0. The van der Waals surface area contributed by atoms with Crippen LogP contribution < -0.4 is 9.47 Å². The summed E-state index contributed by atoms with van der Waals surface area (Å²) in [6.07, 6.45) is 1.75. The molecule has 1 saturated heterocycles. The van der Waals surface area contributed by atoms with E-state index in [2.05, 4.69) is 0 Å². The Hall–Kier alpha value is -2.96. The number of hydrogen-bond donors (Lipinski definition) is 0. The molecule has 2 amide bonds. The number of benzene rings is 3. The van der Waals surface area contributed by atoms with Crippen LogP contribution in [0.4, 0.5) is 4.79 Å². The van der Waals surface area contributed by atoms with E-state index in [4.69, 9.17) is 21.1 Å². The predicted molar refractivity (Wildman–Crippen MR) is 125 cm³/mol. The molecule has 1 aliphatic heterocycles. The number of carbonyl (C=O) groups is 2. The van der Waals surface area contributed by atoms with Crippen molar-refractivity contribution in [3.63, 3.8) is 0 Å². The Balaban J connectivity index is 1.54. The monoisotopic (exact) mass is 453 g/mol. The van der Waals surface area contributed by atoms with E-state index in [0.717, 1.165) is 28.1 Å². The second kappa shape index (κ2) is 9.45. The fourth-order valence-electron chi connectivity index (χ4n) is 3.32. The van der Waals surface area contributed by atoms with Gasteiger partial charge in [0.05, 0.1) is 18.1 Å². The molecule has 158 valence electrons. The van der Waals surface area contributed by atoms with Crippen LogP contribution >= 0.6 is 23.4 Å². The van der Waals surface area contributed by atoms with Crippen LogP contribution in [0.25, 0.3) is 16.8 Å². The maximum absolute atomic E-state index is 12.9. The van der Waals surface area contributed by atoms with Crippen molar-refractivity contribution in [2.45, 2.75) is 6.92 Å². The van der Waals surface area contributed by atoms with Crippen molar-refractivity contribution in [2.24, 2.45) is 0 Å². The van der Waals surface area contributed by atoms with Crippen LogP contribution in [0.1, 0.15) is 12.5 Å². The third-order valence-corrected chi connectivity index (χ3v) is 5.94. The minimum atomic E-state index is -0.329. The lowest BCUT2D eigenvalue weighted by Crippen LogP contribution is -2.32. The lowest BCUT2D eigenvalue weighted by Gasteiger charge is -2.13. The highest BCUT2D eigenvalue weighted by Crippen LogP contribution is 2.36. The summed E-state index contributed by atoms with van der Waals surface area (Å²) in [4.78, 5) is 27.0. The second-order valence-electron chi connectivity index (χ2n) is 6.77.